The third kappa shape index (κ3) is 3.14. The maximum atomic E-state index is 12.0. The molecule has 8 heteroatoms. The Morgan fingerprint density at radius 1 is 1.30 bits per heavy atom. The summed E-state index contributed by atoms with van der Waals surface area (Å²) in [6.07, 6.45) is 0. The number of nitrogens with two attached hydrogens (primary N) is 1. The standard InChI is InChI=1S/C12H12ClN5O2/c1-20-10-6-7(2-3-8(10)13)15-12(19)9-4-5-11(16-14)18-17-9/h2-6H,14H2,1H3,(H,15,19)(H,16,18). The van der Waals surface area contributed by atoms with Crippen molar-refractivity contribution in [3.05, 3.63) is 41.0 Å². The van der Waals surface area contributed by atoms with Crippen LogP contribution in [0, 0.1) is 0 Å². The molecule has 1 heterocycles. The van der Waals surface area contributed by atoms with Crippen LogP contribution in [0.4, 0.5) is 11.5 Å². The lowest BCUT2D eigenvalue weighted by Gasteiger charge is -2.08. The number of anilines is 2. The number of aromatic nitrogens is 2. The highest BCUT2D eigenvalue weighted by atomic mass is 35.5. The van der Waals surface area contributed by atoms with Crippen LogP contribution in [-0.4, -0.2) is 23.2 Å². The summed E-state index contributed by atoms with van der Waals surface area (Å²) in [5.41, 5.74) is 3.03. The van der Waals surface area contributed by atoms with Crippen molar-refractivity contribution in [2.45, 2.75) is 0 Å². The average molecular weight is 294 g/mol. The predicted octanol–water partition coefficient (Wildman–Crippen LogP) is 1.68. The Morgan fingerprint density at radius 3 is 2.70 bits per heavy atom. The van der Waals surface area contributed by atoms with Gasteiger partial charge in [0, 0.05) is 11.8 Å². The summed E-state index contributed by atoms with van der Waals surface area (Å²) in [6, 6.07) is 7.95. The van der Waals surface area contributed by atoms with Crippen LogP contribution >= 0.6 is 11.6 Å². The Kier molecular flexibility index (Phi) is 4.34. The zero-order chi connectivity index (χ0) is 14.5. The van der Waals surface area contributed by atoms with Crippen LogP contribution in [0.5, 0.6) is 5.75 Å². The monoisotopic (exact) mass is 293 g/mol. The van der Waals surface area contributed by atoms with E-state index in [9.17, 15) is 4.79 Å². The molecule has 7 nitrogen and oxygen atoms in total. The van der Waals surface area contributed by atoms with Gasteiger partial charge >= 0.3 is 0 Å². The molecule has 2 aromatic rings. The van der Waals surface area contributed by atoms with Gasteiger partial charge in [-0.15, -0.1) is 10.2 Å². The Hall–Kier alpha value is -2.38. The summed E-state index contributed by atoms with van der Waals surface area (Å²) in [6.45, 7) is 0. The van der Waals surface area contributed by atoms with Crippen molar-refractivity contribution in [2.75, 3.05) is 17.9 Å². The number of carbonyl (C=O) groups is 1. The number of ether oxygens (including phenoxy) is 1. The Balaban J connectivity index is 2.14. The lowest BCUT2D eigenvalue weighted by molar-refractivity contribution is 0.102. The smallest absolute Gasteiger partial charge is 0.276 e. The average Bonchev–Trinajstić information content (AvgIpc) is 2.49. The van der Waals surface area contributed by atoms with E-state index in [-0.39, 0.29) is 5.69 Å². The molecule has 0 radical (unpaired) electrons. The third-order valence-corrected chi connectivity index (χ3v) is 2.77. The summed E-state index contributed by atoms with van der Waals surface area (Å²) in [5.74, 6) is 5.61. The van der Waals surface area contributed by atoms with Crippen LogP contribution in [-0.2, 0) is 0 Å². The van der Waals surface area contributed by atoms with E-state index < -0.39 is 5.91 Å². The van der Waals surface area contributed by atoms with Crippen molar-refractivity contribution in [3.8, 4) is 5.75 Å². The second kappa shape index (κ2) is 6.18. The number of benzene rings is 1. The second-order valence-corrected chi connectivity index (χ2v) is 4.16. The highest BCUT2D eigenvalue weighted by Gasteiger charge is 2.10. The van der Waals surface area contributed by atoms with Crippen molar-refractivity contribution >= 4 is 29.0 Å². The van der Waals surface area contributed by atoms with Gasteiger partial charge in [0.1, 0.15) is 5.75 Å². The van der Waals surface area contributed by atoms with E-state index in [2.05, 4.69) is 20.9 Å². The van der Waals surface area contributed by atoms with Gasteiger partial charge in [0.05, 0.1) is 12.1 Å². The molecular formula is C12H12ClN5O2. The van der Waals surface area contributed by atoms with Crippen LogP contribution in [0.2, 0.25) is 5.02 Å². The van der Waals surface area contributed by atoms with Crippen molar-refractivity contribution in [2.24, 2.45) is 5.84 Å². The zero-order valence-electron chi connectivity index (χ0n) is 10.6. The molecule has 0 saturated carbocycles. The van der Waals surface area contributed by atoms with E-state index in [1.54, 1.807) is 24.3 Å². The molecule has 0 unspecified atom stereocenters. The number of methoxy groups -OCH3 is 1. The first-order valence-electron chi connectivity index (χ1n) is 5.59. The van der Waals surface area contributed by atoms with Gasteiger partial charge in [0.15, 0.2) is 11.5 Å². The van der Waals surface area contributed by atoms with Gasteiger partial charge < -0.3 is 15.5 Å². The summed E-state index contributed by atoms with van der Waals surface area (Å²) in [7, 11) is 1.50. The van der Waals surface area contributed by atoms with Crippen molar-refractivity contribution < 1.29 is 9.53 Å². The molecule has 1 aromatic carbocycles. The lowest BCUT2D eigenvalue weighted by atomic mass is 10.3. The predicted molar refractivity (Wildman–Crippen MR) is 75.8 cm³/mol. The van der Waals surface area contributed by atoms with Crippen molar-refractivity contribution in [1.82, 2.24) is 10.2 Å². The SMILES string of the molecule is COc1cc(NC(=O)c2ccc(NN)nn2)ccc1Cl. The van der Waals surface area contributed by atoms with Crippen LogP contribution < -0.4 is 21.3 Å². The second-order valence-electron chi connectivity index (χ2n) is 3.75. The van der Waals surface area contributed by atoms with Crippen LogP contribution in [0.3, 0.4) is 0 Å². The van der Waals surface area contributed by atoms with Crippen LogP contribution in [0.15, 0.2) is 30.3 Å². The molecule has 0 aliphatic heterocycles. The first-order valence-corrected chi connectivity index (χ1v) is 5.97. The highest BCUT2D eigenvalue weighted by molar-refractivity contribution is 6.32. The summed E-state index contributed by atoms with van der Waals surface area (Å²) < 4.78 is 5.07. The number of amides is 1. The molecule has 104 valence electrons. The molecule has 0 aliphatic rings. The topological polar surface area (TPSA) is 102 Å². The van der Waals surface area contributed by atoms with E-state index in [1.165, 1.54) is 13.2 Å². The quantitative estimate of drug-likeness (QED) is 0.585. The molecule has 0 saturated heterocycles. The van der Waals surface area contributed by atoms with E-state index in [0.29, 0.717) is 22.3 Å². The van der Waals surface area contributed by atoms with Gasteiger partial charge in [-0.1, -0.05) is 11.6 Å². The molecule has 1 amide bonds. The maximum Gasteiger partial charge on any atom is 0.276 e. The number of hydrogen-bond donors (Lipinski definition) is 3. The van der Waals surface area contributed by atoms with E-state index in [4.69, 9.17) is 22.2 Å². The lowest BCUT2D eigenvalue weighted by Crippen LogP contribution is -2.16. The Labute approximate surface area is 120 Å². The number of halogens is 1. The van der Waals surface area contributed by atoms with Crippen LogP contribution in [0.1, 0.15) is 10.5 Å². The molecule has 4 N–H and O–H groups in total. The van der Waals surface area contributed by atoms with Gasteiger partial charge in [-0.2, -0.15) is 0 Å². The Morgan fingerprint density at radius 2 is 2.10 bits per heavy atom. The summed E-state index contributed by atoms with van der Waals surface area (Å²) >= 11 is 5.90. The van der Waals surface area contributed by atoms with E-state index in [0.717, 1.165) is 0 Å². The first-order chi connectivity index (χ1) is 9.63. The maximum absolute atomic E-state index is 12.0. The molecule has 0 fully saturated rings. The minimum atomic E-state index is -0.398. The Bertz CT molecular complexity index is 618. The normalized spacial score (nSPS) is 9.95. The molecule has 0 atom stereocenters. The fraction of sp³-hybridized carbons (Fsp3) is 0.0833. The minimum Gasteiger partial charge on any atom is -0.495 e. The van der Waals surface area contributed by atoms with E-state index >= 15 is 0 Å². The third-order valence-electron chi connectivity index (χ3n) is 2.45. The number of nitrogens with one attached hydrogen (secondary N) is 2. The fourth-order valence-electron chi connectivity index (χ4n) is 1.46. The van der Waals surface area contributed by atoms with E-state index in [1.807, 2.05) is 0 Å². The molecule has 20 heavy (non-hydrogen) atoms. The number of rotatable bonds is 4. The van der Waals surface area contributed by atoms with Gasteiger partial charge in [-0.05, 0) is 24.3 Å². The first kappa shape index (κ1) is 14.0. The molecular weight excluding hydrogens is 282 g/mol. The fourth-order valence-corrected chi connectivity index (χ4v) is 1.66. The molecule has 0 aliphatic carbocycles. The van der Waals surface area contributed by atoms with Gasteiger partial charge in [-0.25, -0.2) is 5.84 Å². The number of nitrogens with zero attached hydrogens (tertiary/aromatic N) is 2. The van der Waals surface area contributed by atoms with Crippen LogP contribution in [0.25, 0.3) is 0 Å². The molecule has 2 rings (SSSR count). The number of hydrazine groups is 1. The van der Waals surface area contributed by atoms with Gasteiger partial charge in [-0.3, -0.25) is 4.79 Å². The zero-order valence-corrected chi connectivity index (χ0v) is 11.3. The van der Waals surface area contributed by atoms with Crippen molar-refractivity contribution in [3.63, 3.8) is 0 Å². The molecule has 1 aromatic heterocycles. The number of nitrogen functional groups attached to an aromatic ring is 1. The number of carbonyl (C=O) groups excluding carboxylic acids is 1. The minimum absolute atomic E-state index is 0.165. The highest BCUT2D eigenvalue weighted by Crippen LogP contribution is 2.27. The number of hydrogen-bond acceptors (Lipinski definition) is 6. The summed E-state index contributed by atoms with van der Waals surface area (Å²) in [4.78, 5) is 12.0. The summed E-state index contributed by atoms with van der Waals surface area (Å²) in [5, 5.41) is 10.6. The largest absolute Gasteiger partial charge is 0.495 e. The molecule has 0 bridgehead atoms. The van der Waals surface area contributed by atoms with Gasteiger partial charge in [0.25, 0.3) is 5.91 Å². The molecule has 0 spiro atoms. The van der Waals surface area contributed by atoms with Gasteiger partial charge in [0.2, 0.25) is 0 Å². The van der Waals surface area contributed by atoms with Crippen molar-refractivity contribution in [1.29, 1.82) is 0 Å².